The highest BCUT2D eigenvalue weighted by atomic mass is 16.2. The minimum absolute atomic E-state index is 0.0856. The average Bonchev–Trinajstić information content (AvgIpc) is 2.86. The number of hydrogen-bond acceptors (Lipinski definition) is 4. The highest BCUT2D eigenvalue weighted by Gasteiger charge is 2.25. The number of urea groups is 1. The Morgan fingerprint density at radius 1 is 0.818 bits per heavy atom. The van der Waals surface area contributed by atoms with Gasteiger partial charge in [0.2, 0.25) is 5.91 Å². The number of carbonyl (C=O) groups excluding carboxylic acids is 2. The van der Waals surface area contributed by atoms with E-state index in [1.54, 1.807) is 0 Å². The Kier molecular flexibility index (Phi) is 7.83. The van der Waals surface area contributed by atoms with Gasteiger partial charge in [-0.25, -0.2) is 4.79 Å². The van der Waals surface area contributed by atoms with Crippen molar-refractivity contribution in [3.05, 3.63) is 60.2 Å². The first-order valence-electron chi connectivity index (χ1n) is 12.0. The summed E-state index contributed by atoms with van der Waals surface area (Å²) >= 11 is 0. The molecule has 2 saturated heterocycles. The van der Waals surface area contributed by atoms with Gasteiger partial charge in [-0.2, -0.15) is 0 Å². The number of piperazine rings is 1. The molecule has 2 heterocycles. The molecule has 0 saturated carbocycles. The molecule has 2 aliphatic heterocycles. The SMILES string of the molecule is CN(Cc1ccccc1)c1ccccc1NC(=O)N1CCN(CC(=O)N2CCCCC2)CC1. The number of anilines is 2. The summed E-state index contributed by atoms with van der Waals surface area (Å²) in [7, 11) is 2.04. The number of nitrogens with one attached hydrogen (secondary N) is 1. The Hall–Kier alpha value is -3.06. The van der Waals surface area contributed by atoms with E-state index in [4.69, 9.17) is 0 Å². The molecular weight excluding hydrogens is 414 g/mol. The summed E-state index contributed by atoms with van der Waals surface area (Å²) in [5.74, 6) is 0.225. The molecule has 2 aromatic carbocycles. The van der Waals surface area contributed by atoms with Crippen molar-refractivity contribution in [2.75, 3.05) is 63.1 Å². The van der Waals surface area contributed by atoms with Gasteiger partial charge in [0.05, 0.1) is 17.9 Å². The summed E-state index contributed by atoms with van der Waals surface area (Å²) in [5.41, 5.74) is 3.01. The Labute approximate surface area is 196 Å². The fourth-order valence-electron chi connectivity index (χ4n) is 4.59. The topological polar surface area (TPSA) is 59.1 Å². The molecule has 33 heavy (non-hydrogen) atoms. The molecular formula is C26H35N5O2. The first-order valence-corrected chi connectivity index (χ1v) is 12.0. The maximum Gasteiger partial charge on any atom is 0.321 e. The lowest BCUT2D eigenvalue weighted by Crippen LogP contribution is -2.52. The van der Waals surface area contributed by atoms with Crippen molar-refractivity contribution in [3.63, 3.8) is 0 Å². The van der Waals surface area contributed by atoms with E-state index >= 15 is 0 Å². The predicted octanol–water partition coefficient (Wildman–Crippen LogP) is 3.49. The van der Waals surface area contributed by atoms with Crippen molar-refractivity contribution in [1.82, 2.24) is 14.7 Å². The highest BCUT2D eigenvalue weighted by molar-refractivity contribution is 5.93. The van der Waals surface area contributed by atoms with E-state index < -0.39 is 0 Å². The standard InChI is InChI=1S/C26H35N5O2/c1-28(20-22-10-4-2-5-11-22)24-13-7-6-12-23(24)27-26(33)31-18-16-29(17-19-31)21-25(32)30-14-8-3-9-15-30/h2,4-7,10-13H,3,8-9,14-21H2,1H3,(H,27,33). The third-order valence-corrected chi connectivity index (χ3v) is 6.55. The van der Waals surface area contributed by atoms with Crippen LogP contribution in [-0.2, 0) is 11.3 Å². The van der Waals surface area contributed by atoms with Crippen LogP contribution in [0.2, 0.25) is 0 Å². The molecule has 2 fully saturated rings. The number of hydrogen-bond donors (Lipinski definition) is 1. The van der Waals surface area contributed by atoms with Crippen LogP contribution in [0.1, 0.15) is 24.8 Å². The molecule has 4 rings (SSSR count). The predicted molar refractivity (Wildman–Crippen MR) is 132 cm³/mol. The molecule has 0 unspecified atom stereocenters. The second-order valence-electron chi connectivity index (χ2n) is 8.99. The summed E-state index contributed by atoms with van der Waals surface area (Å²) in [6, 6.07) is 18.1. The molecule has 2 aromatic rings. The molecule has 7 nitrogen and oxygen atoms in total. The fraction of sp³-hybridized carbons (Fsp3) is 0.462. The Bertz CT molecular complexity index is 921. The van der Waals surface area contributed by atoms with Crippen molar-refractivity contribution >= 4 is 23.3 Å². The van der Waals surface area contributed by atoms with Crippen molar-refractivity contribution in [3.8, 4) is 0 Å². The van der Waals surface area contributed by atoms with Crippen molar-refractivity contribution in [2.24, 2.45) is 0 Å². The van der Waals surface area contributed by atoms with Gasteiger partial charge < -0.3 is 20.0 Å². The van der Waals surface area contributed by atoms with E-state index in [1.807, 2.05) is 59.3 Å². The number of para-hydroxylation sites is 2. The minimum atomic E-state index is -0.0856. The number of piperidine rings is 1. The van der Waals surface area contributed by atoms with Gasteiger partial charge in [-0.15, -0.1) is 0 Å². The van der Waals surface area contributed by atoms with E-state index in [0.717, 1.165) is 56.9 Å². The van der Waals surface area contributed by atoms with Crippen LogP contribution < -0.4 is 10.2 Å². The van der Waals surface area contributed by atoms with Gasteiger partial charge in [-0.3, -0.25) is 9.69 Å². The van der Waals surface area contributed by atoms with Crippen molar-refractivity contribution in [1.29, 1.82) is 0 Å². The van der Waals surface area contributed by atoms with Crippen LogP contribution in [0.15, 0.2) is 54.6 Å². The summed E-state index contributed by atoms with van der Waals surface area (Å²) in [6.45, 7) is 5.70. The molecule has 0 spiro atoms. The summed E-state index contributed by atoms with van der Waals surface area (Å²) in [5, 5.41) is 3.11. The first-order chi connectivity index (χ1) is 16.1. The van der Waals surface area contributed by atoms with Crippen LogP contribution in [0, 0.1) is 0 Å². The normalized spacial score (nSPS) is 17.0. The maximum atomic E-state index is 13.0. The van der Waals surface area contributed by atoms with Crippen LogP contribution in [0.4, 0.5) is 16.2 Å². The maximum absolute atomic E-state index is 13.0. The average molecular weight is 450 g/mol. The van der Waals surface area contributed by atoms with Gasteiger partial charge in [0, 0.05) is 52.9 Å². The van der Waals surface area contributed by atoms with Crippen LogP contribution in [0.25, 0.3) is 0 Å². The number of nitrogens with zero attached hydrogens (tertiary/aromatic N) is 4. The first kappa shape index (κ1) is 23.1. The summed E-state index contributed by atoms with van der Waals surface area (Å²) in [4.78, 5) is 33.7. The van der Waals surface area contributed by atoms with Gasteiger partial charge in [0.1, 0.15) is 0 Å². The number of likely N-dealkylation sites (tertiary alicyclic amines) is 1. The lowest BCUT2D eigenvalue weighted by atomic mass is 10.1. The zero-order valence-corrected chi connectivity index (χ0v) is 19.6. The quantitative estimate of drug-likeness (QED) is 0.734. The van der Waals surface area contributed by atoms with Crippen LogP contribution in [-0.4, -0.2) is 79.5 Å². The Morgan fingerprint density at radius 3 is 2.21 bits per heavy atom. The molecule has 7 heteroatoms. The zero-order valence-electron chi connectivity index (χ0n) is 19.6. The van der Waals surface area contributed by atoms with E-state index in [9.17, 15) is 9.59 Å². The van der Waals surface area contributed by atoms with E-state index in [1.165, 1.54) is 12.0 Å². The van der Waals surface area contributed by atoms with Crippen LogP contribution in [0.5, 0.6) is 0 Å². The van der Waals surface area contributed by atoms with Gasteiger partial charge in [-0.1, -0.05) is 42.5 Å². The number of benzene rings is 2. The van der Waals surface area contributed by atoms with Gasteiger partial charge in [0.25, 0.3) is 0 Å². The Morgan fingerprint density at radius 2 is 1.48 bits per heavy atom. The number of amides is 3. The fourth-order valence-corrected chi connectivity index (χ4v) is 4.59. The van der Waals surface area contributed by atoms with E-state index in [0.29, 0.717) is 19.6 Å². The van der Waals surface area contributed by atoms with Crippen molar-refractivity contribution < 1.29 is 9.59 Å². The molecule has 0 radical (unpaired) electrons. The van der Waals surface area contributed by atoms with Crippen LogP contribution >= 0.6 is 0 Å². The lowest BCUT2D eigenvalue weighted by Gasteiger charge is -2.36. The third kappa shape index (κ3) is 6.26. The third-order valence-electron chi connectivity index (χ3n) is 6.55. The van der Waals surface area contributed by atoms with Gasteiger partial charge in [-0.05, 0) is 37.0 Å². The van der Waals surface area contributed by atoms with Crippen LogP contribution in [0.3, 0.4) is 0 Å². The van der Waals surface area contributed by atoms with E-state index in [2.05, 4.69) is 27.2 Å². The number of carbonyl (C=O) groups is 2. The largest absolute Gasteiger partial charge is 0.369 e. The lowest BCUT2D eigenvalue weighted by molar-refractivity contribution is -0.133. The highest BCUT2D eigenvalue weighted by Crippen LogP contribution is 2.26. The molecule has 176 valence electrons. The molecule has 0 bridgehead atoms. The van der Waals surface area contributed by atoms with Gasteiger partial charge in [0.15, 0.2) is 0 Å². The monoisotopic (exact) mass is 449 g/mol. The molecule has 3 amide bonds. The van der Waals surface area contributed by atoms with E-state index in [-0.39, 0.29) is 11.9 Å². The molecule has 0 aliphatic carbocycles. The molecule has 0 aromatic heterocycles. The van der Waals surface area contributed by atoms with Gasteiger partial charge >= 0.3 is 6.03 Å². The Balaban J connectivity index is 1.29. The second kappa shape index (κ2) is 11.2. The molecule has 0 atom stereocenters. The second-order valence-corrected chi connectivity index (χ2v) is 8.99. The van der Waals surface area contributed by atoms with Crippen molar-refractivity contribution in [2.45, 2.75) is 25.8 Å². The smallest absolute Gasteiger partial charge is 0.321 e. The summed E-state index contributed by atoms with van der Waals surface area (Å²) < 4.78 is 0. The zero-order chi connectivity index (χ0) is 23.0. The minimum Gasteiger partial charge on any atom is -0.369 e. The molecule has 1 N–H and O–H groups in total. The number of rotatable bonds is 6. The summed E-state index contributed by atoms with van der Waals surface area (Å²) in [6.07, 6.45) is 3.45. The molecule has 2 aliphatic rings.